The van der Waals surface area contributed by atoms with Crippen LogP contribution in [0.15, 0.2) is 4.99 Å². The molecule has 1 fully saturated rings. The maximum atomic E-state index is 11.5. The molecule has 0 aliphatic carbocycles. The van der Waals surface area contributed by atoms with Crippen molar-refractivity contribution in [1.82, 2.24) is 10.6 Å². The summed E-state index contributed by atoms with van der Waals surface area (Å²) >= 11 is 0. The molecule has 2 unspecified atom stereocenters. The summed E-state index contributed by atoms with van der Waals surface area (Å²) in [6.07, 6.45) is 5.51. The van der Waals surface area contributed by atoms with Crippen LogP contribution in [0.1, 0.15) is 52.9 Å². The van der Waals surface area contributed by atoms with Crippen LogP contribution in [-0.4, -0.2) is 45.0 Å². The molecule has 22 heavy (non-hydrogen) atoms. The molecule has 5 nitrogen and oxygen atoms in total. The minimum atomic E-state index is -2.85. The Balaban J connectivity index is 0.00000441. The molecular formula is C15H32IN3O2S. The van der Waals surface area contributed by atoms with Gasteiger partial charge in [0.1, 0.15) is 0 Å². The van der Waals surface area contributed by atoms with Crippen LogP contribution in [-0.2, 0) is 9.84 Å². The van der Waals surface area contributed by atoms with Gasteiger partial charge in [-0.15, -0.1) is 24.0 Å². The van der Waals surface area contributed by atoms with E-state index in [1.165, 1.54) is 19.3 Å². The molecule has 132 valence electrons. The van der Waals surface area contributed by atoms with Gasteiger partial charge in [0.15, 0.2) is 15.8 Å². The summed E-state index contributed by atoms with van der Waals surface area (Å²) in [5.41, 5.74) is 0. The van der Waals surface area contributed by atoms with Gasteiger partial charge in [-0.2, -0.15) is 0 Å². The standard InChI is InChI=1S/C15H31N3O2S.HI/c1-4-7-8-13(5-2)11-17-15(16-6-3)18-14-9-10-21(19,20)12-14;/h13-14H,4-12H2,1-3H3,(H2,16,17,18);1H. The van der Waals surface area contributed by atoms with Crippen molar-refractivity contribution in [2.75, 3.05) is 24.6 Å². The molecule has 2 atom stereocenters. The molecule has 0 bridgehead atoms. The molecule has 0 radical (unpaired) electrons. The molecule has 1 aliphatic heterocycles. The normalized spacial score (nSPS) is 22.0. The number of hydrogen-bond donors (Lipinski definition) is 2. The number of unbranched alkanes of at least 4 members (excludes halogenated alkanes) is 1. The quantitative estimate of drug-likeness (QED) is 0.342. The summed E-state index contributed by atoms with van der Waals surface area (Å²) in [4.78, 5) is 4.65. The second-order valence-electron chi connectivity index (χ2n) is 5.88. The fourth-order valence-electron chi connectivity index (χ4n) is 2.56. The number of nitrogens with zero attached hydrogens (tertiary/aromatic N) is 1. The van der Waals surface area contributed by atoms with Crippen LogP contribution in [0.2, 0.25) is 0 Å². The fraction of sp³-hybridized carbons (Fsp3) is 0.933. The monoisotopic (exact) mass is 445 g/mol. The van der Waals surface area contributed by atoms with Crippen molar-refractivity contribution < 1.29 is 8.42 Å². The molecule has 0 saturated carbocycles. The molecule has 0 aromatic rings. The van der Waals surface area contributed by atoms with Gasteiger partial charge in [-0.05, 0) is 25.7 Å². The van der Waals surface area contributed by atoms with Gasteiger partial charge in [0.25, 0.3) is 0 Å². The predicted octanol–water partition coefficient (Wildman–Crippen LogP) is 2.56. The van der Waals surface area contributed by atoms with E-state index in [-0.39, 0.29) is 41.5 Å². The Kier molecular flexibility index (Phi) is 11.5. The highest BCUT2D eigenvalue weighted by Gasteiger charge is 2.28. The molecule has 1 rings (SSSR count). The average Bonchev–Trinajstić information content (AvgIpc) is 2.78. The number of sulfone groups is 1. The second-order valence-corrected chi connectivity index (χ2v) is 8.11. The Morgan fingerprint density at radius 3 is 2.55 bits per heavy atom. The summed E-state index contributed by atoms with van der Waals surface area (Å²) in [5.74, 6) is 1.89. The van der Waals surface area contributed by atoms with Crippen LogP contribution in [0, 0.1) is 5.92 Å². The third kappa shape index (κ3) is 8.55. The third-order valence-corrected chi connectivity index (χ3v) is 5.74. The number of nitrogens with one attached hydrogen (secondary N) is 2. The zero-order valence-electron chi connectivity index (χ0n) is 14.1. The number of guanidine groups is 1. The summed E-state index contributed by atoms with van der Waals surface area (Å²) < 4.78 is 23.0. The predicted molar refractivity (Wildman–Crippen MR) is 105 cm³/mol. The Labute approximate surface area is 153 Å². The van der Waals surface area contributed by atoms with Gasteiger partial charge in [-0.3, -0.25) is 4.99 Å². The van der Waals surface area contributed by atoms with Crippen molar-refractivity contribution in [3.05, 3.63) is 0 Å². The highest BCUT2D eigenvalue weighted by atomic mass is 127. The SMILES string of the molecule is CCCCC(CC)CN=C(NCC)NC1CCS(=O)(=O)C1.I. The molecule has 1 aliphatic rings. The molecular weight excluding hydrogens is 413 g/mol. The zero-order valence-corrected chi connectivity index (χ0v) is 17.2. The van der Waals surface area contributed by atoms with Crippen LogP contribution >= 0.6 is 24.0 Å². The molecule has 0 spiro atoms. The highest BCUT2D eigenvalue weighted by molar-refractivity contribution is 14.0. The van der Waals surface area contributed by atoms with Gasteiger partial charge in [0, 0.05) is 19.1 Å². The van der Waals surface area contributed by atoms with Crippen molar-refractivity contribution in [3.8, 4) is 0 Å². The first kappa shape index (κ1) is 21.9. The van der Waals surface area contributed by atoms with Gasteiger partial charge in [0.05, 0.1) is 11.5 Å². The minimum Gasteiger partial charge on any atom is -0.357 e. The van der Waals surface area contributed by atoms with E-state index in [2.05, 4.69) is 29.5 Å². The minimum absolute atomic E-state index is 0. The largest absolute Gasteiger partial charge is 0.357 e. The lowest BCUT2D eigenvalue weighted by atomic mass is 10.00. The van der Waals surface area contributed by atoms with E-state index in [0.717, 1.165) is 25.5 Å². The number of halogens is 1. The van der Waals surface area contributed by atoms with Gasteiger partial charge < -0.3 is 10.6 Å². The Hall–Kier alpha value is -0.0500. The van der Waals surface area contributed by atoms with E-state index in [1.54, 1.807) is 0 Å². The molecule has 2 N–H and O–H groups in total. The Morgan fingerprint density at radius 2 is 2.05 bits per heavy atom. The molecule has 0 aromatic heterocycles. The first-order chi connectivity index (χ1) is 10.0. The van der Waals surface area contributed by atoms with Crippen LogP contribution in [0.4, 0.5) is 0 Å². The highest BCUT2D eigenvalue weighted by Crippen LogP contribution is 2.13. The van der Waals surface area contributed by atoms with E-state index in [9.17, 15) is 8.42 Å². The lowest BCUT2D eigenvalue weighted by molar-refractivity contribution is 0.460. The smallest absolute Gasteiger partial charge is 0.191 e. The van der Waals surface area contributed by atoms with Crippen LogP contribution < -0.4 is 10.6 Å². The van der Waals surface area contributed by atoms with Gasteiger partial charge in [-0.1, -0.05) is 33.1 Å². The van der Waals surface area contributed by atoms with Crippen molar-refractivity contribution in [1.29, 1.82) is 0 Å². The van der Waals surface area contributed by atoms with Crippen LogP contribution in [0.25, 0.3) is 0 Å². The molecule has 0 aromatic carbocycles. The number of rotatable bonds is 8. The van der Waals surface area contributed by atoms with E-state index in [1.807, 2.05) is 6.92 Å². The van der Waals surface area contributed by atoms with Crippen molar-refractivity contribution in [2.24, 2.45) is 10.9 Å². The lowest BCUT2D eigenvalue weighted by Crippen LogP contribution is -2.44. The summed E-state index contributed by atoms with van der Waals surface area (Å²) in [6, 6.07) is 0.00326. The van der Waals surface area contributed by atoms with Crippen molar-refractivity contribution in [3.63, 3.8) is 0 Å². The molecule has 0 amide bonds. The van der Waals surface area contributed by atoms with Gasteiger partial charge >= 0.3 is 0 Å². The fourth-order valence-corrected chi connectivity index (χ4v) is 4.23. The summed E-state index contributed by atoms with van der Waals surface area (Å²) in [7, 11) is -2.85. The van der Waals surface area contributed by atoms with E-state index < -0.39 is 9.84 Å². The number of hydrogen-bond acceptors (Lipinski definition) is 3. The molecule has 1 saturated heterocycles. The van der Waals surface area contributed by atoms with Crippen molar-refractivity contribution >= 4 is 39.8 Å². The van der Waals surface area contributed by atoms with Gasteiger partial charge in [-0.25, -0.2) is 8.42 Å². The maximum absolute atomic E-state index is 11.5. The Morgan fingerprint density at radius 1 is 1.32 bits per heavy atom. The van der Waals surface area contributed by atoms with Crippen LogP contribution in [0.3, 0.4) is 0 Å². The topological polar surface area (TPSA) is 70.6 Å². The molecule has 1 heterocycles. The average molecular weight is 445 g/mol. The molecule has 7 heteroatoms. The van der Waals surface area contributed by atoms with Crippen molar-refractivity contribution in [2.45, 2.75) is 58.9 Å². The maximum Gasteiger partial charge on any atom is 0.191 e. The van der Waals surface area contributed by atoms with Gasteiger partial charge in [0.2, 0.25) is 0 Å². The van der Waals surface area contributed by atoms with E-state index in [0.29, 0.717) is 12.3 Å². The first-order valence-electron chi connectivity index (χ1n) is 8.26. The number of aliphatic imine (C=N–C) groups is 1. The van der Waals surface area contributed by atoms with E-state index >= 15 is 0 Å². The zero-order chi connectivity index (χ0) is 15.7. The van der Waals surface area contributed by atoms with Crippen LogP contribution in [0.5, 0.6) is 0 Å². The lowest BCUT2D eigenvalue weighted by Gasteiger charge is -2.17. The summed E-state index contributed by atoms with van der Waals surface area (Å²) in [5, 5.41) is 6.48. The second kappa shape index (κ2) is 11.5. The van der Waals surface area contributed by atoms with E-state index in [4.69, 9.17) is 0 Å². The summed E-state index contributed by atoms with van der Waals surface area (Å²) in [6.45, 7) is 8.04. The third-order valence-electron chi connectivity index (χ3n) is 3.97. The first-order valence-corrected chi connectivity index (χ1v) is 10.1. The Bertz CT molecular complexity index is 427.